The monoisotopic (exact) mass is 438 g/mol. The molecule has 1 heterocycles. The average molecular weight is 439 g/mol. The summed E-state index contributed by atoms with van der Waals surface area (Å²) < 4.78 is 5.35. The molecule has 5 heteroatoms. The van der Waals surface area contributed by atoms with Crippen LogP contribution >= 0.6 is 0 Å². The van der Waals surface area contributed by atoms with Crippen molar-refractivity contribution in [2.75, 3.05) is 4.90 Å². The molecule has 33 heavy (non-hydrogen) atoms. The van der Waals surface area contributed by atoms with Gasteiger partial charge in [0.2, 0.25) is 0 Å². The third kappa shape index (κ3) is 4.40. The minimum atomic E-state index is -0.547. The minimum Gasteiger partial charge on any atom is -0.404 e. The molecule has 0 N–H and O–H groups in total. The van der Waals surface area contributed by atoms with Crippen LogP contribution in [0.25, 0.3) is 6.08 Å². The summed E-state index contributed by atoms with van der Waals surface area (Å²) in [6, 6.07) is 28.2. The maximum absolute atomic E-state index is 12.9. The maximum Gasteiger partial charge on any atom is 0.422 e. The van der Waals surface area contributed by atoms with Crippen LogP contribution in [0, 0.1) is 0 Å². The SMILES string of the molecule is O=C1OC(=Cc2ccc(N(c3ccccc3)c3ccccc3)cc2)C(=O)N1C1CCCCC1. The van der Waals surface area contributed by atoms with Crippen molar-refractivity contribution in [2.24, 2.45) is 0 Å². The van der Waals surface area contributed by atoms with Gasteiger partial charge < -0.3 is 9.64 Å². The molecule has 3 aromatic carbocycles. The zero-order chi connectivity index (χ0) is 22.6. The van der Waals surface area contributed by atoms with Crippen molar-refractivity contribution >= 4 is 35.1 Å². The number of benzene rings is 3. The number of ether oxygens (including phenoxy) is 1. The van der Waals surface area contributed by atoms with E-state index in [0.29, 0.717) is 0 Å². The predicted molar refractivity (Wildman–Crippen MR) is 129 cm³/mol. The third-order valence-corrected chi connectivity index (χ3v) is 6.24. The topological polar surface area (TPSA) is 49.9 Å². The Morgan fingerprint density at radius 2 is 1.27 bits per heavy atom. The van der Waals surface area contributed by atoms with Crippen LogP contribution < -0.4 is 4.90 Å². The number of nitrogens with zero attached hydrogens (tertiary/aromatic N) is 2. The quantitative estimate of drug-likeness (QED) is 0.411. The lowest BCUT2D eigenvalue weighted by Gasteiger charge is -2.27. The molecule has 1 saturated carbocycles. The van der Waals surface area contributed by atoms with Gasteiger partial charge in [0, 0.05) is 23.1 Å². The second-order valence-corrected chi connectivity index (χ2v) is 8.44. The first-order valence-corrected chi connectivity index (χ1v) is 11.5. The molecule has 0 spiro atoms. The molecule has 2 amide bonds. The summed E-state index contributed by atoms with van der Waals surface area (Å²) in [6.07, 6.45) is 6.07. The molecular weight excluding hydrogens is 412 g/mol. The Bertz CT molecular complexity index is 1110. The third-order valence-electron chi connectivity index (χ3n) is 6.24. The van der Waals surface area contributed by atoms with Gasteiger partial charge in [0.25, 0.3) is 5.91 Å². The Hall–Kier alpha value is -3.86. The highest BCUT2D eigenvalue weighted by atomic mass is 16.6. The number of para-hydroxylation sites is 2. The molecule has 0 radical (unpaired) electrons. The van der Waals surface area contributed by atoms with Gasteiger partial charge in [-0.05, 0) is 60.9 Å². The van der Waals surface area contributed by atoms with E-state index in [1.807, 2.05) is 60.7 Å². The minimum absolute atomic E-state index is 0.0441. The van der Waals surface area contributed by atoms with E-state index in [9.17, 15) is 9.59 Å². The number of anilines is 3. The molecule has 1 aliphatic carbocycles. The Kier molecular flexibility index (Phi) is 5.94. The molecule has 0 unspecified atom stereocenters. The molecule has 1 aliphatic heterocycles. The first kappa shape index (κ1) is 21.0. The van der Waals surface area contributed by atoms with Crippen molar-refractivity contribution in [1.29, 1.82) is 0 Å². The van der Waals surface area contributed by atoms with E-state index in [1.54, 1.807) is 6.08 Å². The second kappa shape index (κ2) is 9.33. The Morgan fingerprint density at radius 1 is 0.727 bits per heavy atom. The van der Waals surface area contributed by atoms with Gasteiger partial charge in [0.1, 0.15) is 0 Å². The van der Waals surface area contributed by atoms with Crippen molar-refractivity contribution < 1.29 is 14.3 Å². The van der Waals surface area contributed by atoms with Gasteiger partial charge >= 0.3 is 6.09 Å². The summed E-state index contributed by atoms with van der Waals surface area (Å²) in [5.41, 5.74) is 3.91. The predicted octanol–water partition coefficient (Wildman–Crippen LogP) is 6.81. The van der Waals surface area contributed by atoms with Crippen LogP contribution in [-0.2, 0) is 9.53 Å². The summed E-state index contributed by atoms with van der Waals surface area (Å²) in [5, 5.41) is 0. The lowest BCUT2D eigenvalue weighted by molar-refractivity contribution is -0.125. The molecular formula is C28H26N2O3. The van der Waals surface area contributed by atoms with E-state index in [2.05, 4.69) is 29.2 Å². The van der Waals surface area contributed by atoms with Crippen LogP contribution in [0.5, 0.6) is 0 Å². The lowest BCUT2D eigenvalue weighted by atomic mass is 9.94. The summed E-state index contributed by atoms with van der Waals surface area (Å²) in [6.45, 7) is 0. The number of amides is 2. The fourth-order valence-corrected chi connectivity index (χ4v) is 4.61. The van der Waals surface area contributed by atoms with Gasteiger partial charge in [0.05, 0.1) is 0 Å². The van der Waals surface area contributed by atoms with Gasteiger partial charge in [-0.3, -0.25) is 4.79 Å². The number of rotatable bonds is 5. The van der Waals surface area contributed by atoms with Crippen molar-refractivity contribution in [3.05, 3.63) is 96.3 Å². The molecule has 3 aromatic rings. The van der Waals surface area contributed by atoms with Crippen LogP contribution in [0.3, 0.4) is 0 Å². The largest absolute Gasteiger partial charge is 0.422 e. The van der Waals surface area contributed by atoms with Crippen LogP contribution in [0.4, 0.5) is 21.9 Å². The average Bonchev–Trinajstić information content (AvgIpc) is 3.14. The Balaban J connectivity index is 1.40. The highest BCUT2D eigenvalue weighted by Crippen LogP contribution is 2.35. The standard InChI is InChI=1S/C28H26N2O3/c31-27-26(33-28(32)30(27)24-14-8-3-9-15-24)20-21-16-18-25(19-17-21)29(22-10-4-1-5-11-22)23-12-6-2-7-13-23/h1-2,4-7,10-13,16-20,24H,3,8-9,14-15H2. The fraction of sp³-hybridized carbons (Fsp3) is 0.214. The van der Waals surface area contributed by atoms with Crippen LogP contribution in [-0.4, -0.2) is 22.9 Å². The normalized spacial score (nSPS) is 17.9. The van der Waals surface area contributed by atoms with Crippen molar-refractivity contribution in [3.8, 4) is 0 Å². The molecule has 0 aromatic heterocycles. The first-order valence-electron chi connectivity index (χ1n) is 11.5. The number of hydrogen-bond donors (Lipinski definition) is 0. The molecule has 0 atom stereocenters. The van der Waals surface area contributed by atoms with Crippen molar-refractivity contribution in [2.45, 2.75) is 38.1 Å². The first-order chi connectivity index (χ1) is 16.2. The highest BCUT2D eigenvalue weighted by Gasteiger charge is 2.41. The highest BCUT2D eigenvalue weighted by molar-refractivity contribution is 6.10. The van der Waals surface area contributed by atoms with Crippen LogP contribution in [0.15, 0.2) is 90.7 Å². The maximum atomic E-state index is 12.9. The number of carbonyl (C=O) groups excluding carboxylic acids is 2. The molecule has 166 valence electrons. The lowest BCUT2D eigenvalue weighted by Crippen LogP contribution is -2.40. The zero-order valence-electron chi connectivity index (χ0n) is 18.4. The van der Waals surface area contributed by atoms with Crippen LogP contribution in [0.2, 0.25) is 0 Å². The summed E-state index contributed by atoms with van der Waals surface area (Å²) in [4.78, 5) is 28.7. The van der Waals surface area contributed by atoms with E-state index >= 15 is 0 Å². The molecule has 1 saturated heterocycles. The van der Waals surface area contributed by atoms with Crippen molar-refractivity contribution in [3.63, 3.8) is 0 Å². The number of carbonyl (C=O) groups is 2. The Morgan fingerprint density at radius 3 is 1.85 bits per heavy atom. The molecule has 2 fully saturated rings. The van der Waals surface area contributed by atoms with Gasteiger partial charge in [-0.15, -0.1) is 0 Å². The van der Waals surface area contributed by atoms with Gasteiger partial charge in [-0.2, -0.15) is 0 Å². The zero-order valence-corrected chi connectivity index (χ0v) is 18.4. The number of hydrogen-bond acceptors (Lipinski definition) is 4. The van der Waals surface area contributed by atoms with E-state index in [0.717, 1.165) is 54.7 Å². The smallest absolute Gasteiger partial charge is 0.404 e. The van der Waals surface area contributed by atoms with Gasteiger partial charge in [-0.25, -0.2) is 9.69 Å². The molecule has 0 bridgehead atoms. The number of imide groups is 1. The van der Waals surface area contributed by atoms with E-state index in [4.69, 9.17) is 4.74 Å². The summed E-state index contributed by atoms with van der Waals surface area (Å²) in [5.74, 6) is -0.229. The van der Waals surface area contributed by atoms with Crippen LogP contribution in [0.1, 0.15) is 37.7 Å². The molecule has 5 rings (SSSR count). The van der Waals surface area contributed by atoms with E-state index in [-0.39, 0.29) is 17.7 Å². The van der Waals surface area contributed by atoms with Gasteiger partial charge in [0.15, 0.2) is 5.76 Å². The van der Waals surface area contributed by atoms with Gasteiger partial charge in [-0.1, -0.05) is 67.8 Å². The summed E-state index contributed by atoms with van der Waals surface area (Å²) in [7, 11) is 0. The summed E-state index contributed by atoms with van der Waals surface area (Å²) >= 11 is 0. The van der Waals surface area contributed by atoms with E-state index < -0.39 is 6.09 Å². The van der Waals surface area contributed by atoms with E-state index in [1.165, 1.54) is 4.90 Å². The Labute approximate surface area is 193 Å². The molecule has 2 aliphatic rings. The molecule has 5 nitrogen and oxygen atoms in total. The number of cyclic esters (lactones) is 1. The fourth-order valence-electron chi connectivity index (χ4n) is 4.61. The second-order valence-electron chi connectivity index (χ2n) is 8.44. The van der Waals surface area contributed by atoms with Crippen molar-refractivity contribution in [1.82, 2.24) is 4.90 Å².